The van der Waals surface area contributed by atoms with Crippen molar-refractivity contribution in [2.75, 3.05) is 39.8 Å². The van der Waals surface area contributed by atoms with Crippen molar-refractivity contribution in [3.63, 3.8) is 0 Å². The number of nitrogens with zero attached hydrogens (tertiary/aromatic N) is 1. The summed E-state index contributed by atoms with van der Waals surface area (Å²) >= 11 is 0. The molecule has 1 fully saturated rings. The van der Waals surface area contributed by atoms with Gasteiger partial charge in [0.05, 0.1) is 12.7 Å². The minimum absolute atomic E-state index is 0.154. The molecule has 0 spiro atoms. The molecule has 4 nitrogen and oxygen atoms in total. The molecule has 0 bridgehead atoms. The topological polar surface area (TPSA) is 55.7 Å². The molecule has 2 atom stereocenters. The minimum atomic E-state index is -0.612. The molecule has 0 radical (unpaired) electrons. The first-order valence-corrected chi connectivity index (χ1v) is 5.90. The number of rotatable bonds is 6. The van der Waals surface area contributed by atoms with E-state index >= 15 is 0 Å². The second-order valence-electron chi connectivity index (χ2n) is 4.60. The van der Waals surface area contributed by atoms with Gasteiger partial charge in [0, 0.05) is 13.1 Å². The molecule has 2 unspecified atom stereocenters. The molecular formula is C11H24N2O2. The molecule has 1 heterocycles. The summed E-state index contributed by atoms with van der Waals surface area (Å²) in [5.74, 6) is 0.794. The van der Waals surface area contributed by atoms with Crippen LogP contribution in [0.25, 0.3) is 0 Å². The number of likely N-dealkylation sites (tertiary alicyclic amines) is 1. The molecule has 4 heteroatoms. The highest BCUT2D eigenvalue weighted by atomic mass is 16.3. The van der Waals surface area contributed by atoms with Gasteiger partial charge in [0.25, 0.3) is 0 Å². The summed E-state index contributed by atoms with van der Waals surface area (Å²) in [6.45, 7) is 3.71. The molecule has 0 aromatic carbocycles. The van der Waals surface area contributed by atoms with E-state index in [2.05, 4.69) is 17.3 Å². The number of piperidine rings is 1. The summed E-state index contributed by atoms with van der Waals surface area (Å²) in [4.78, 5) is 2.39. The highest BCUT2D eigenvalue weighted by molar-refractivity contribution is 4.71. The SMILES string of the molecule is CN1CCCC(CCNCC(O)CO)C1. The van der Waals surface area contributed by atoms with Gasteiger partial charge in [-0.15, -0.1) is 0 Å². The Morgan fingerprint density at radius 3 is 3.00 bits per heavy atom. The quantitative estimate of drug-likeness (QED) is 0.532. The van der Waals surface area contributed by atoms with Crippen LogP contribution in [0.5, 0.6) is 0 Å². The molecule has 1 aliphatic heterocycles. The maximum absolute atomic E-state index is 9.12. The Balaban J connectivity index is 1.99. The molecule has 1 saturated heterocycles. The van der Waals surface area contributed by atoms with E-state index in [4.69, 9.17) is 10.2 Å². The molecule has 3 N–H and O–H groups in total. The van der Waals surface area contributed by atoms with Crippen LogP contribution in [-0.4, -0.2) is 61.1 Å². The zero-order chi connectivity index (χ0) is 11.1. The van der Waals surface area contributed by atoms with Crippen molar-refractivity contribution in [1.29, 1.82) is 0 Å². The highest BCUT2D eigenvalue weighted by Crippen LogP contribution is 2.17. The van der Waals surface area contributed by atoms with Gasteiger partial charge in [-0.2, -0.15) is 0 Å². The predicted molar refractivity (Wildman–Crippen MR) is 60.8 cm³/mol. The van der Waals surface area contributed by atoms with Crippen LogP contribution in [0.15, 0.2) is 0 Å². The van der Waals surface area contributed by atoms with E-state index in [0.29, 0.717) is 6.54 Å². The highest BCUT2D eigenvalue weighted by Gasteiger charge is 2.16. The number of nitrogens with one attached hydrogen (secondary N) is 1. The lowest BCUT2D eigenvalue weighted by molar-refractivity contribution is 0.0937. The Kier molecular flexibility index (Phi) is 6.17. The van der Waals surface area contributed by atoms with Gasteiger partial charge in [-0.1, -0.05) is 0 Å². The van der Waals surface area contributed by atoms with E-state index in [1.807, 2.05) is 0 Å². The monoisotopic (exact) mass is 216 g/mol. The van der Waals surface area contributed by atoms with Gasteiger partial charge in [-0.25, -0.2) is 0 Å². The summed E-state index contributed by atoms with van der Waals surface area (Å²) in [5, 5.41) is 20.9. The van der Waals surface area contributed by atoms with Crippen molar-refractivity contribution in [2.24, 2.45) is 5.92 Å². The molecule has 0 amide bonds. The fourth-order valence-electron chi connectivity index (χ4n) is 2.15. The Bertz CT molecular complexity index is 167. The third-order valence-electron chi connectivity index (χ3n) is 3.04. The summed E-state index contributed by atoms with van der Waals surface area (Å²) in [7, 11) is 2.18. The lowest BCUT2D eigenvalue weighted by atomic mass is 9.95. The molecule has 0 aromatic rings. The van der Waals surface area contributed by atoms with Crippen molar-refractivity contribution < 1.29 is 10.2 Å². The first-order valence-electron chi connectivity index (χ1n) is 5.90. The van der Waals surface area contributed by atoms with Crippen LogP contribution in [0.4, 0.5) is 0 Å². The van der Waals surface area contributed by atoms with E-state index in [9.17, 15) is 0 Å². The van der Waals surface area contributed by atoms with Gasteiger partial charge in [0.1, 0.15) is 0 Å². The maximum atomic E-state index is 9.12. The Labute approximate surface area is 92.3 Å². The van der Waals surface area contributed by atoms with Crippen LogP contribution in [0.3, 0.4) is 0 Å². The average Bonchev–Trinajstić information content (AvgIpc) is 2.24. The van der Waals surface area contributed by atoms with E-state index in [1.54, 1.807) is 0 Å². The molecule has 15 heavy (non-hydrogen) atoms. The number of hydrogen-bond acceptors (Lipinski definition) is 4. The summed E-state index contributed by atoms with van der Waals surface area (Å²) in [5.41, 5.74) is 0. The summed E-state index contributed by atoms with van der Waals surface area (Å²) in [6.07, 6.45) is 3.19. The van der Waals surface area contributed by atoms with Crippen molar-refractivity contribution in [3.05, 3.63) is 0 Å². The van der Waals surface area contributed by atoms with Crippen molar-refractivity contribution in [2.45, 2.75) is 25.4 Å². The predicted octanol–water partition coefficient (Wildman–Crippen LogP) is -0.339. The summed E-state index contributed by atoms with van der Waals surface area (Å²) < 4.78 is 0. The van der Waals surface area contributed by atoms with E-state index in [1.165, 1.54) is 32.4 Å². The fourth-order valence-corrected chi connectivity index (χ4v) is 2.15. The van der Waals surface area contributed by atoms with Gasteiger partial charge in [-0.3, -0.25) is 0 Å². The molecule has 1 aliphatic rings. The van der Waals surface area contributed by atoms with Gasteiger partial charge in [-0.05, 0) is 45.3 Å². The molecule has 90 valence electrons. The van der Waals surface area contributed by atoms with Gasteiger partial charge >= 0.3 is 0 Å². The number of aliphatic hydroxyl groups excluding tert-OH is 2. The second kappa shape index (κ2) is 7.17. The van der Waals surface area contributed by atoms with Gasteiger partial charge in [0.15, 0.2) is 0 Å². The average molecular weight is 216 g/mol. The minimum Gasteiger partial charge on any atom is -0.394 e. The molecule has 0 aromatic heterocycles. The number of aliphatic hydroxyl groups is 2. The Morgan fingerprint density at radius 2 is 2.33 bits per heavy atom. The standard InChI is InChI=1S/C11H24N2O2/c1-13-6-2-3-10(8-13)4-5-12-7-11(15)9-14/h10-12,14-15H,2-9H2,1H3. The van der Waals surface area contributed by atoms with Crippen molar-refractivity contribution >= 4 is 0 Å². The third-order valence-corrected chi connectivity index (χ3v) is 3.04. The van der Waals surface area contributed by atoms with Crippen LogP contribution in [0, 0.1) is 5.92 Å². The normalized spacial score (nSPS) is 25.4. The molecule has 1 rings (SSSR count). The van der Waals surface area contributed by atoms with E-state index in [-0.39, 0.29) is 6.61 Å². The Morgan fingerprint density at radius 1 is 1.53 bits per heavy atom. The smallest absolute Gasteiger partial charge is 0.0894 e. The molecular weight excluding hydrogens is 192 g/mol. The first kappa shape index (κ1) is 12.9. The number of hydrogen-bond donors (Lipinski definition) is 3. The Hall–Kier alpha value is -0.160. The van der Waals surface area contributed by atoms with Gasteiger partial charge < -0.3 is 20.4 Å². The van der Waals surface area contributed by atoms with Gasteiger partial charge in [0.2, 0.25) is 0 Å². The summed E-state index contributed by atoms with van der Waals surface area (Å²) in [6, 6.07) is 0. The van der Waals surface area contributed by atoms with Crippen LogP contribution in [0.1, 0.15) is 19.3 Å². The van der Waals surface area contributed by atoms with Crippen LogP contribution in [-0.2, 0) is 0 Å². The van der Waals surface area contributed by atoms with Crippen LogP contribution in [0.2, 0.25) is 0 Å². The molecule has 0 aliphatic carbocycles. The van der Waals surface area contributed by atoms with Crippen LogP contribution >= 0.6 is 0 Å². The third kappa shape index (κ3) is 5.47. The zero-order valence-electron chi connectivity index (χ0n) is 9.65. The largest absolute Gasteiger partial charge is 0.394 e. The van der Waals surface area contributed by atoms with Crippen LogP contribution < -0.4 is 5.32 Å². The zero-order valence-corrected chi connectivity index (χ0v) is 9.65. The lowest BCUT2D eigenvalue weighted by Crippen LogP contribution is -2.35. The van der Waals surface area contributed by atoms with E-state index in [0.717, 1.165) is 12.5 Å². The van der Waals surface area contributed by atoms with Crippen molar-refractivity contribution in [1.82, 2.24) is 10.2 Å². The lowest BCUT2D eigenvalue weighted by Gasteiger charge is -2.29. The van der Waals surface area contributed by atoms with E-state index < -0.39 is 6.10 Å². The fraction of sp³-hybridized carbons (Fsp3) is 1.00. The second-order valence-corrected chi connectivity index (χ2v) is 4.60. The maximum Gasteiger partial charge on any atom is 0.0894 e. The molecule has 0 saturated carbocycles. The first-order chi connectivity index (χ1) is 7.22. The van der Waals surface area contributed by atoms with Crippen molar-refractivity contribution in [3.8, 4) is 0 Å².